The van der Waals surface area contributed by atoms with Gasteiger partial charge in [0, 0.05) is 35.8 Å². The van der Waals surface area contributed by atoms with E-state index < -0.39 is 0 Å². The second-order valence-electron chi connectivity index (χ2n) is 16.2. The molecule has 272 valence electrons. The van der Waals surface area contributed by atoms with Gasteiger partial charge in [-0.2, -0.15) is 6.07 Å². The molecule has 1 aromatic heterocycles. The summed E-state index contributed by atoms with van der Waals surface area (Å²) < 4.78 is 6.80. The SMILES string of the molecule is Cc1cc(C)c(C2=N[C@H](c3ccccc3)[C@@H]3c4ccccc4CN23)[c-]c1Oc1[c-]c2c(cc1)C(C)(C)c1ccccc1N2c1cc(C(C)(C)C)ccn1.[Pt+2]. The molecule has 3 aliphatic rings. The molecule has 9 rings (SSSR count). The number of rotatable bonds is 5. The van der Waals surface area contributed by atoms with Crippen molar-refractivity contribution in [2.24, 2.45) is 4.99 Å². The number of ether oxygens (including phenoxy) is 1. The molecule has 5 nitrogen and oxygen atoms in total. The summed E-state index contributed by atoms with van der Waals surface area (Å²) in [5, 5.41) is 0. The maximum Gasteiger partial charge on any atom is 2.00 e. The normalized spacial score (nSPS) is 17.9. The maximum atomic E-state index is 6.80. The minimum absolute atomic E-state index is 0. The second-order valence-corrected chi connectivity index (χ2v) is 16.2. The number of fused-ring (bicyclic) bond motifs is 5. The van der Waals surface area contributed by atoms with Crippen LogP contribution in [0.25, 0.3) is 0 Å². The van der Waals surface area contributed by atoms with E-state index in [1.807, 2.05) is 12.3 Å². The van der Waals surface area contributed by atoms with Gasteiger partial charge in [-0.15, -0.1) is 34.9 Å². The Hall–Kier alpha value is -4.99. The Kier molecular flexibility index (Phi) is 8.93. The van der Waals surface area contributed by atoms with Crippen LogP contribution in [0.15, 0.2) is 120 Å². The van der Waals surface area contributed by atoms with Crippen LogP contribution >= 0.6 is 0 Å². The molecule has 0 radical (unpaired) electrons. The Morgan fingerprint density at radius 3 is 2.33 bits per heavy atom. The molecule has 0 fully saturated rings. The molecule has 2 atom stereocenters. The first-order valence-corrected chi connectivity index (χ1v) is 18.6. The summed E-state index contributed by atoms with van der Waals surface area (Å²) in [4.78, 5) is 15.1. The summed E-state index contributed by atoms with van der Waals surface area (Å²) >= 11 is 0. The van der Waals surface area contributed by atoms with Crippen LogP contribution in [0.3, 0.4) is 0 Å². The van der Waals surface area contributed by atoms with Crippen LogP contribution < -0.4 is 9.64 Å². The number of nitrogens with zero attached hydrogens (tertiary/aromatic N) is 4. The van der Waals surface area contributed by atoms with E-state index in [0.717, 1.165) is 46.3 Å². The van der Waals surface area contributed by atoms with Gasteiger partial charge in [0.25, 0.3) is 0 Å². The number of para-hydroxylation sites is 1. The van der Waals surface area contributed by atoms with Crippen molar-refractivity contribution in [1.29, 1.82) is 0 Å². The van der Waals surface area contributed by atoms with Gasteiger partial charge in [-0.05, 0) is 56.8 Å². The van der Waals surface area contributed by atoms with E-state index in [0.29, 0.717) is 11.5 Å². The molecule has 0 saturated carbocycles. The van der Waals surface area contributed by atoms with Crippen molar-refractivity contribution in [3.8, 4) is 11.5 Å². The predicted molar refractivity (Wildman–Crippen MR) is 214 cm³/mol. The van der Waals surface area contributed by atoms with Gasteiger partial charge in [-0.3, -0.25) is 0 Å². The number of aromatic nitrogens is 1. The van der Waals surface area contributed by atoms with Gasteiger partial charge in [0.05, 0.1) is 12.1 Å². The largest absolute Gasteiger partial charge is 2.00 e. The molecule has 54 heavy (non-hydrogen) atoms. The second kappa shape index (κ2) is 13.4. The number of benzene rings is 5. The fraction of sp³-hybridized carbons (Fsp3) is 0.250. The molecule has 5 aromatic carbocycles. The van der Waals surface area contributed by atoms with E-state index in [4.69, 9.17) is 14.7 Å². The first-order valence-electron chi connectivity index (χ1n) is 18.6. The van der Waals surface area contributed by atoms with E-state index in [2.05, 4.69) is 174 Å². The van der Waals surface area contributed by atoms with Crippen LogP contribution in [0, 0.1) is 26.0 Å². The quantitative estimate of drug-likeness (QED) is 0.162. The monoisotopic (exact) mass is 887 g/mol. The van der Waals surface area contributed by atoms with Crippen molar-refractivity contribution in [1.82, 2.24) is 9.88 Å². The van der Waals surface area contributed by atoms with Crippen molar-refractivity contribution in [2.45, 2.75) is 77.9 Å². The van der Waals surface area contributed by atoms with Crippen molar-refractivity contribution in [3.05, 3.63) is 178 Å². The molecule has 0 N–H and O–H groups in total. The molecule has 6 heteroatoms. The molecule has 3 aliphatic heterocycles. The minimum Gasteiger partial charge on any atom is -0.503 e. The van der Waals surface area contributed by atoms with E-state index in [1.54, 1.807) is 0 Å². The molecule has 4 heterocycles. The van der Waals surface area contributed by atoms with Crippen molar-refractivity contribution >= 4 is 23.0 Å². The van der Waals surface area contributed by atoms with Gasteiger partial charge in [0.1, 0.15) is 5.82 Å². The number of hydrogen-bond donors (Lipinski definition) is 0. The third kappa shape index (κ3) is 5.89. The number of hydrogen-bond acceptors (Lipinski definition) is 5. The van der Waals surface area contributed by atoms with Gasteiger partial charge in [0.15, 0.2) is 0 Å². The van der Waals surface area contributed by atoms with Gasteiger partial charge < -0.3 is 19.5 Å². The third-order valence-corrected chi connectivity index (χ3v) is 11.3. The number of pyridine rings is 1. The summed E-state index contributed by atoms with van der Waals surface area (Å²) in [6.07, 6.45) is 1.92. The summed E-state index contributed by atoms with van der Waals surface area (Å²) in [5.41, 5.74) is 12.4. The standard InChI is InChI=1S/C48H44N4O.Pt/c1-30-25-31(2)42(28-37(30)46-50-44(32-15-9-8-10-16-32)45-36-18-12-11-17-33(36)29-51(45)46)53-35-21-22-39-41(27-35)52(40-20-14-13-19-38(40)48(39,6)7)43-26-34(23-24-49-43)47(3,4)5;/h8-26,44-45H,29H2,1-7H3;/q-2;+2/t44-,45+;/m1./s1. The zero-order valence-electron chi connectivity index (χ0n) is 31.8. The summed E-state index contributed by atoms with van der Waals surface area (Å²) in [5.74, 6) is 3.14. The maximum absolute atomic E-state index is 6.80. The average Bonchev–Trinajstić information content (AvgIpc) is 3.71. The summed E-state index contributed by atoms with van der Waals surface area (Å²) in [7, 11) is 0. The van der Waals surface area contributed by atoms with Crippen molar-refractivity contribution in [3.63, 3.8) is 0 Å². The molecule has 0 spiro atoms. The van der Waals surface area contributed by atoms with Crippen LogP contribution in [0.5, 0.6) is 11.5 Å². The average molecular weight is 888 g/mol. The number of amidine groups is 1. The Bertz CT molecular complexity index is 2430. The van der Waals surface area contributed by atoms with E-state index in [-0.39, 0.29) is 44.0 Å². The molecular formula is C48H44N4OPt. The number of aryl methyl sites for hydroxylation is 2. The van der Waals surface area contributed by atoms with Gasteiger partial charge in [0.2, 0.25) is 0 Å². The smallest absolute Gasteiger partial charge is 0.503 e. The molecule has 0 amide bonds. The predicted octanol–water partition coefficient (Wildman–Crippen LogP) is 11.6. The van der Waals surface area contributed by atoms with Crippen LogP contribution in [0.1, 0.15) is 96.8 Å². The Labute approximate surface area is 334 Å². The zero-order chi connectivity index (χ0) is 36.6. The first kappa shape index (κ1) is 36.0. The van der Waals surface area contributed by atoms with Crippen molar-refractivity contribution in [2.75, 3.05) is 4.90 Å². The topological polar surface area (TPSA) is 41.0 Å². The summed E-state index contributed by atoms with van der Waals surface area (Å²) in [6.45, 7) is 16.3. The fourth-order valence-electron chi connectivity index (χ4n) is 8.49. The van der Waals surface area contributed by atoms with Crippen LogP contribution in [-0.4, -0.2) is 15.7 Å². The molecule has 0 bridgehead atoms. The van der Waals surface area contributed by atoms with E-state index in [1.165, 1.54) is 33.4 Å². The molecular weight excluding hydrogens is 844 g/mol. The van der Waals surface area contributed by atoms with Gasteiger partial charge in [-0.1, -0.05) is 139 Å². The van der Waals surface area contributed by atoms with Gasteiger partial charge in [-0.25, -0.2) is 4.98 Å². The summed E-state index contributed by atoms with van der Waals surface area (Å²) in [6, 6.07) is 46.4. The van der Waals surface area contributed by atoms with Crippen LogP contribution in [-0.2, 0) is 38.4 Å². The fourth-order valence-corrected chi connectivity index (χ4v) is 8.49. The number of anilines is 3. The molecule has 6 aromatic rings. The Balaban J connectivity index is 0.00000413. The molecule has 0 aliphatic carbocycles. The van der Waals surface area contributed by atoms with E-state index in [9.17, 15) is 0 Å². The van der Waals surface area contributed by atoms with Crippen LogP contribution in [0.2, 0.25) is 0 Å². The van der Waals surface area contributed by atoms with Crippen molar-refractivity contribution < 1.29 is 25.8 Å². The Morgan fingerprint density at radius 2 is 1.54 bits per heavy atom. The third-order valence-electron chi connectivity index (χ3n) is 11.3. The number of aliphatic imine (C=N–C) groups is 1. The van der Waals surface area contributed by atoms with E-state index >= 15 is 0 Å². The molecule has 0 unspecified atom stereocenters. The Morgan fingerprint density at radius 1 is 0.796 bits per heavy atom. The molecule has 0 saturated heterocycles. The van der Waals surface area contributed by atoms with Crippen LogP contribution in [0.4, 0.5) is 17.2 Å². The zero-order valence-corrected chi connectivity index (χ0v) is 34.1. The first-order chi connectivity index (χ1) is 25.5. The minimum atomic E-state index is -0.252. The van der Waals surface area contributed by atoms with Gasteiger partial charge >= 0.3 is 21.1 Å².